The number of nitrogens with zero attached hydrogens (tertiary/aromatic N) is 6. The van der Waals surface area contributed by atoms with E-state index in [2.05, 4.69) is 383 Å². The molecular weight excluding hydrogens is 1150 g/mol. The fourth-order valence-corrected chi connectivity index (χ4v) is 16.5. The molecule has 14 aromatic rings. The molecule has 0 spiro atoms. The largest absolute Gasteiger partial charge is 0.311 e. The zero-order chi connectivity index (χ0) is 62.9. The number of anilines is 18. The molecule has 19 rings (SSSR count). The van der Waals surface area contributed by atoms with Crippen LogP contribution in [0.4, 0.5) is 102 Å². The summed E-state index contributed by atoms with van der Waals surface area (Å²) >= 11 is 0. The average molecular weight is 1210 g/mol. The molecule has 6 nitrogen and oxygen atoms in total. The van der Waals surface area contributed by atoms with E-state index in [1.165, 1.54) is 77.8 Å². The molecule has 8 heteroatoms. The first kappa shape index (κ1) is 54.7. The smallest absolute Gasteiger partial charge is 0.252 e. The first-order valence-corrected chi connectivity index (χ1v) is 33.1. The molecular formula is C87H62B2N6. The Bertz CT molecular complexity index is 4900. The molecule has 14 aromatic carbocycles. The fourth-order valence-electron chi connectivity index (χ4n) is 16.5. The van der Waals surface area contributed by atoms with Crippen molar-refractivity contribution in [2.45, 2.75) is 19.3 Å². The third-order valence-corrected chi connectivity index (χ3v) is 20.5. The van der Waals surface area contributed by atoms with Gasteiger partial charge in [-0.25, -0.2) is 0 Å². The van der Waals surface area contributed by atoms with Crippen LogP contribution in [0.15, 0.2) is 340 Å². The molecule has 95 heavy (non-hydrogen) atoms. The number of benzene rings is 14. The lowest BCUT2D eigenvalue weighted by Gasteiger charge is -2.45. The Morgan fingerprint density at radius 2 is 0.484 bits per heavy atom. The highest BCUT2D eigenvalue weighted by atomic mass is 15.2. The van der Waals surface area contributed by atoms with E-state index in [0.717, 1.165) is 79.6 Å². The van der Waals surface area contributed by atoms with Gasteiger partial charge in [0, 0.05) is 96.4 Å². The summed E-state index contributed by atoms with van der Waals surface area (Å²) in [5.74, 6) is 0. The minimum Gasteiger partial charge on any atom is -0.311 e. The van der Waals surface area contributed by atoms with Crippen LogP contribution in [0.25, 0.3) is 11.1 Å². The number of fused-ring (bicyclic) bond motifs is 11. The first-order chi connectivity index (χ1) is 46.9. The summed E-state index contributed by atoms with van der Waals surface area (Å²) in [6.45, 7) is 4.70. The maximum atomic E-state index is 2.62. The highest BCUT2D eigenvalue weighted by Gasteiger charge is 2.49. The van der Waals surface area contributed by atoms with Crippen LogP contribution in [0, 0.1) is 0 Å². The minimum atomic E-state index is -0.433. The lowest BCUT2D eigenvalue weighted by molar-refractivity contribution is 0.660. The molecule has 4 heterocycles. The fraction of sp³-hybridized carbons (Fsp3) is 0.0345. The Hall–Kier alpha value is -12.0. The van der Waals surface area contributed by atoms with Gasteiger partial charge in [-0.3, -0.25) is 0 Å². The molecule has 0 saturated heterocycles. The van der Waals surface area contributed by atoms with E-state index in [1.807, 2.05) is 0 Å². The number of rotatable bonds is 10. The summed E-state index contributed by atoms with van der Waals surface area (Å²) in [6, 6.07) is 126. The van der Waals surface area contributed by atoms with E-state index in [9.17, 15) is 0 Å². The van der Waals surface area contributed by atoms with Gasteiger partial charge in [0.15, 0.2) is 0 Å². The van der Waals surface area contributed by atoms with Gasteiger partial charge in [-0.15, -0.1) is 0 Å². The van der Waals surface area contributed by atoms with Crippen molar-refractivity contribution in [1.82, 2.24) is 0 Å². The molecule has 0 unspecified atom stereocenters. The minimum absolute atomic E-state index is 0.116. The van der Waals surface area contributed by atoms with Crippen LogP contribution in [-0.2, 0) is 5.41 Å². The van der Waals surface area contributed by atoms with E-state index in [0.29, 0.717) is 0 Å². The standard InChI is InChI=1S/C87H62B2N6/c1-87(2)71-57-79-75(88-73-47-27-29-49-77(73)92(63-39-19-7-20-40-63)81-51-67(53-83(85(81)88)94(79)65-43-23-9-24-44-65)90(59-31-11-3-12-32-59)60-33-13-4-14-34-60)55-69(71)70-56-76-80(58-72(70)87)95(66-45-25-10-26-46-66)84-54-68(91(61-35-15-5-16-36-61)62-37-17-6-18-38-62)52-82-86(84)89(76)74-48-28-30-50-78(74)93(82)64-41-21-8-22-42-64/h3-58H,1-2H3. The average Bonchev–Trinajstić information content (AvgIpc) is 1.67. The number of hydrogen-bond donors (Lipinski definition) is 0. The van der Waals surface area contributed by atoms with Crippen molar-refractivity contribution in [2.75, 3.05) is 29.4 Å². The molecule has 0 N–H and O–H groups in total. The summed E-state index contributed by atoms with van der Waals surface area (Å²) in [5, 5.41) is 0. The third kappa shape index (κ3) is 8.40. The summed E-state index contributed by atoms with van der Waals surface area (Å²) in [6.07, 6.45) is 0. The normalized spacial score (nSPS) is 13.7. The van der Waals surface area contributed by atoms with Gasteiger partial charge < -0.3 is 29.4 Å². The van der Waals surface area contributed by atoms with Crippen LogP contribution >= 0.6 is 0 Å². The van der Waals surface area contributed by atoms with Crippen molar-refractivity contribution in [3.8, 4) is 11.1 Å². The molecule has 446 valence electrons. The zero-order valence-electron chi connectivity index (χ0n) is 52.7. The van der Waals surface area contributed by atoms with E-state index >= 15 is 0 Å². The number of para-hydroxylation sites is 10. The monoisotopic (exact) mass is 1210 g/mol. The second-order valence-corrected chi connectivity index (χ2v) is 26.0. The third-order valence-electron chi connectivity index (χ3n) is 20.5. The maximum Gasteiger partial charge on any atom is 0.252 e. The Morgan fingerprint density at radius 1 is 0.232 bits per heavy atom. The van der Waals surface area contributed by atoms with E-state index in [1.54, 1.807) is 0 Å². The van der Waals surface area contributed by atoms with Gasteiger partial charge in [0.05, 0.1) is 11.4 Å². The highest BCUT2D eigenvalue weighted by Crippen LogP contribution is 2.56. The zero-order valence-corrected chi connectivity index (χ0v) is 52.7. The van der Waals surface area contributed by atoms with Crippen LogP contribution in [0.5, 0.6) is 0 Å². The van der Waals surface area contributed by atoms with E-state index in [4.69, 9.17) is 0 Å². The SMILES string of the molecule is CC1(C)c2cc3c(cc2-c2cc4c(cc21)N(c1ccccc1)c1cc(N(c2ccccc2)c2ccccc2)cc2c1B4c1ccccc1N2c1ccccc1)B1c2ccccc2N(c2ccccc2)c2cc(N(c4ccccc4)c4ccccc4)cc(c21)N3c1ccccc1. The summed E-state index contributed by atoms with van der Waals surface area (Å²) in [4.78, 5) is 15.1. The van der Waals surface area contributed by atoms with Crippen molar-refractivity contribution in [3.05, 3.63) is 351 Å². The Labute approximate surface area is 555 Å². The predicted molar refractivity (Wildman–Crippen MR) is 401 cm³/mol. The Kier molecular flexibility index (Phi) is 12.4. The summed E-state index contributed by atoms with van der Waals surface area (Å²) in [7, 11) is 0. The van der Waals surface area contributed by atoms with Crippen LogP contribution < -0.4 is 62.2 Å². The molecule has 4 aliphatic heterocycles. The van der Waals surface area contributed by atoms with Crippen molar-refractivity contribution in [1.29, 1.82) is 0 Å². The second kappa shape index (κ2) is 21.6. The molecule has 0 radical (unpaired) electrons. The van der Waals surface area contributed by atoms with Gasteiger partial charge >= 0.3 is 0 Å². The summed E-state index contributed by atoms with van der Waals surface area (Å²) < 4.78 is 0. The van der Waals surface area contributed by atoms with Gasteiger partial charge in [0.25, 0.3) is 13.4 Å². The van der Waals surface area contributed by atoms with E-state index in [-0.39, 0.29) is 13.4 Å². The Morgan fingerprint density at radius 3 is 0.779 bits per heavy atom. The molecule has 1 aliphatic carbocycles. The second-order valence-electron chi connectivity index (χ2n) is 26.0. The quantitative estimate of drug-likeness (QED) is 0.126. The van der Waals surface area contributed by atoms with Gasteiger partial charge in [0.2, 0.25) is 0 Å². The lowest BCUT2D eigenvalue weighted by Crippen LogP contribution is -2.61. The molecule has 5 aliphatic rings. The van der Waals surface area contributed by atoms with Gasteiger partial charge in [0.1, 0.15) is 0 Å². The lowest BCUT2D eigenvalue weighted by atomic mass is 9.33. The van der Waals surface area contributed by atoms with Gasteiger partial charge in [-0.2, -0.15) is 0 Å². The topological polar surface area (TPSA) is 19.4 Å². The maximum absolute atomic E-state index is 2.62. The van der Waals surface area contributed by atoms with Crippen molar-refractivity contribution >= 4 is 149 Å². The molecule has 0 aromatic heterocycles. The predicted octanol–water partition coefficient (Wildman–Crippen LogP) is 19.1. The first-order valence-electron chi connectivity index (χ1n) is 33.1. The molecule has 0 atom stereocenters. The Balaban J connectivity index is 0.877. The molecule has 0 amide bonds. The van der Waals surface area contributed by atoms with Crippen LogP contribution in [0.1, 0.15) is 25.0 Å². The molecule has 0 saturated carbocycles. The van der Waals surface area contributed by atoms with Crippen molar-refractivity contribution < 1.29 is 0 Å². The van der Waals surface area contributed by atoms with Crippen LogP contribution in [0.3, 0.4) is 0 Å². The van der Waals surface area contributed by atoms with Crippen LogP contribution in [-0.4, -0.2) is 13.4 Å². The molecule has 0 bridgehead atoms. The van der Waals surface area contributed by atoms with Gasteiger partial charge in [-0.05, 0) is 201 Å². The number of hydrogen-bond acceptors (Lipinski definition) is 6. The molecule has 0 fully saturated rings. The highest BCUT2D eigenvalue weighted by molar-refractivity contribution is 7.01. The van der Waals surface area contributed by atoms with E-state index < -0.39 is 5.41 Å². The van der Waals surface area contributed by atoms with Crippen molar-refractivity contribution in [2.24, 2.45) is 0 Å². The summed E-state index contributed by atoms with van der Waals surface area (Å²) in [5.41, 5.74) is 32.7. The van der Waals surface area contributed by atoms with Gasteiger partial charge in [-0.1, -0.05) is 208 Å². The van der Waals surface area contributed by atoms with Crippen LogP contribution in [0.2, 0.25) is 0 Å². The van der Waals surface area contributed by atoms with Crippen molar-refractivity contribution in [3.63, 3.8) is 0 Å².